The summed E-state index contributed by atoms with van der Waals surface area (Å²) >= 11 is 11.6. The van der Waals surface area contributed by atoms with Crippen LogP contribution in [0.4, 0.5) is 29.5 Å². The van der Waals surface area contributed by atoms with E-state index in [4.69, 9.17) is 23.2 Å². The average molecular weight is 350 g/mol. The maximum atomic E-state index is 12.4. The van der Waals surface area contributed by atoms with Crippen LogP contribution < -0.4 is 10.6 Å². The molecule has 116 valence electrons. The molecule has 1 heterocycles. The molecule has 1 aromatic carbocycles. The van der Waals surface area contributed by atoms with Crippen LogP contribution in [0.3, 0.4) is 0 Å². The van der Waals surface area contributed by atoms with Gasteiger partial charge in [0.25, 0.3) is 0 Å². The van der Waals surface area contributed by atoms with Gasteiger partial charge in [-0.15, -0.1) is 0 Å². The van der Waals surface area contributed by atoms with Crippen LogP contribution in [0.1, 0.15) is 5.56 Å². The molecule has 0 atom stereocenters. The summed E-state index contributed by atoms with van der Waals surface area (Å²) in [6.45, 7) is 0. The first-order valence-electron chi connectivity index (χ1n) is 5.81. The first kappa shape index (κ1) is 16.4. The van der Waals surface area contributed by atoms with Crippen LogP contribution >= 0.6 is 23.2 Å². The molecule has 0 aliphatic carbocycles. The molecular weight excluding hydrogens is 342 g/mol. The lowest BCUT2D eigenvalue weighted by molar-refractivity contribution is -0.137. The van der Waals surface area contributed by atoms with Crippen LogP contribution in [-0.2, 0) is 6.18 Å². The van der Waals surface area contributed by atoms with Crippen LogP contribution in [0.15, 0.2) is 36.5 Å². The zero-order valence-electron chi connectivity index (χ0n) is 10.7. The molecule has 2 aromatic rings. The second kappa shape index (κ2) is 6.41. The number of urea groups is 1. The smallest absolute Gasteiger partial charge is 0.308 e. The SMILES string of the molecule is O=C(Nc1cc(Cl)cc(Cl)c1)Nc1ccc(C(F)(F)F)cn1. The van der Waals surface area contributed by atoms with E-state index >= 15 is 0 Å². The number of alkyl halides is 3. The minimum Gasteiger partial charge on any atom is -0.308 e. The highest BCUT2D eigenvalue weighted by atomic mass is 35.5. The molecule has 1 aromatic heterocycles. The van der Waals surface area contributed by atoms with Gasteiger partial charge in [-0.1, -0.05) is 23.2 Å². The Labute approximate surface area is 133 Å². The Morgan fingerprint density at radius 3 is 2.18 bits per heavy atom. The summed E-state index contributed by atoms with van der Waals surface area (Å²) < 4.78 is 37.1. The van der Waals surface area contributed by atoms with E-state index in [0.717, 1.165) is 12.1 Å². The Morgan fingerprint density at radius 1 is 1.05 bits per heavy atom. The number of amides is 2. The predicted molar refractivity (Wildman–Crippen MR) is 78.3 cm³/mol. The van der Waals surface area contributed by atoms with E-state index in [1.807, 2.05) is 0 Å². The quantitative estimate of drug-likeness (QED) is 0.796. The number of hydrogen-bond acceptors (Lipinski definition) is 2. The summed E-state index contributed by atoms with van der Waals surface area (Å²) in [5.41, 5.74) is -0.568. The van der Waals surface area contributed by atoms with E-state index in [1.54, 1.807) is 0 Å². The van der Waals surface area contributed by atoms with Gasteiger partial charge in [-0.25, -0.2) is 9.78 Å². The largest absolute Gasteiger partial charge is 0.417 e. The van der Waals surface area contributed by atoms with E-state index in [1.165, 1.54) is 18.2 Å². The van der Waals surface area contributed by atoms with Crippen molar-refractivity contribution in [1.29, 1.82) is 0 Å². The second-order valence-electron chi connectivity index (χ2n) is 4.17. The third kappa shape index (κ3) is 4.51. The van der Waals surface area contributed by atoms with Crippen molar-refractivity contribution in [2.75, 3.05) is 10.6 Å². The van der Waals surface area contributed by atoms with Crippen molar-refractivity contribution in [3.8, 4) is 0 Å². The van der Waals surface area contributed by atoms with Gasteiger partial charge in [-0.2, -0.15) is 13.2 Å². The van der Waals surface area contributed by atoms with Crippen LogP contribution in [0.2, 0.25) is 10.0 Å². The Balaban J connectivity index is 2.03. The Kier molecular flexibility index (Phi) is 4.77. The van der Waals surface area contributed by atoms with Gasteiger partial charge in [0.15, 0.2) is 0 Å². The van der Waals surface area contributed by atoms with Crippen LogP contribution in [-0.4, -0.2) is 11.0 Å². The second-order valence-corrected chi connectivity index (χ2v) is 5.04. The maximum Gasteiger partial charge on any atom is 0.417 e. The standard InChI is InChI=1S/C13H8Cl2F3N3O/c14-8-3-9(15)5-10(4-8)20-12(22)21-11-2-1-7(6-19-11)13(16,17)18/h1-6H,(H2,19,20,21,22). The first-order valence-corrected chi connectivity index (χ1v) is 6.57. The molecule has 0 aliphatic heterocycles. The topological polar surface area (TPSA) is 54.0 Å². The van der Waals surface area contributed by atoms with Crippen molar-refractivity contribution in [2.45, 2.75) is 6.18 Å². The number of anilines is 2. The minimum absolute atomic E-state index is 0.0291. The first-order chi connectivity index (χ1) is 10.2. The molecule has 0 saturated heterocycles. The van der Waals surface area contributed by atoms with E-state index in [-0.39, 0.29) is 5.82 Å². The molecule has 2 rings (SSSR count). The number of pyridine rings is 1. The number of nitrogens with one attached hydrogen (secondary N) is 2. The van der Waals surface area contributed by atoms with Gasteiger partial charge in [0.2, 0.25) is 0 Å². The highest BCUT2D eigenvalue weighted by Crippen LogP contribution is 2.29. The average Bonchev–Trinajstić information content (AvgIpc) is 2.36. The summed E-state index contributed by atoms with van der Waals surface area (Å²) in [6.07, 6.45) is -3.85. The van der Waals surface area contributed by atoms with Crippen molar-refractivity contribution in [3.05, 3.63) is 52.1 Å². The number of rotatable bonds is 2. The van der Waals surface area contributed by atoms with Gasteiger partial charge in [-0.3, -0.25) is 5.32 Å². The highest BCUT2D eigenvalue weighted by Gasteiger charge is 2.30. The monoisotopic (exact) mass is 349 g/mol. The van der Waals surface area contributed by atoms with Crippen LogP contribution in [0.5, 0.6) is 0 Å². The molecule has 2 N–H and O–H groups in total. The maximum absolute atomic E-state index is 12.4. The van der Waals surface area contributed by atoms with Gasteiger partial charge in [0.1, 0.15) is 5.82 Å². The lowest BCUT2D eigenvalue weighted by atomic mass is 10.3. The molecule has 0 spiro atoms. The van der Waals surface area contributed by atoms with E-state index in [9.17, 15) is 18.0 Å². The third-order valence-electron chi connectivity index (χ3n) is 2.45. The molecule has 2 amide bonds. The molecule has 4 nitrogen and oxygen atoms in total. The minimum atomic E-state index is -4.48. The molecule has 0 aliphatic rings. The van der Waals surface area contributed by atoms with Gasteiger partial charge in [0.05, 0.1) is 5.56 Å². The Morgan fingerprint density at radius 2 is 1.68 bits per heavy atom. The molecule has 22 heavy (non-hydrogen) atoms. The summed E-state index contributed by atoms with van der Waals surface area (Å²) in [6, 6.07) is 5.60. The number of carbonyl (C=O) groups excluding carboxylic acids is 1. The van der Waals surface area contributed by atoms with Crippen molar-refractivity contribution >= 4 is 40.7 Å². The van der Waals surface area contributed by atoms with Gasteiger partial charge in [0, 0.05) is 21.9 Å². The number of aromatic nitrogens is 1. The van der Waals surface area contributed by atoms with E-state index in [2.05, 4.69) is 15.6 Å². The number of carbonyl (C=O) groups is 1. The third-order valence-corrected chi connectivity index (χ3v) is 2.89. The van der Waals surface area contributed by atoms with Crippen LogP contribution in [0, 0.1) is 0 Å². The summed E-state index contributed by atoms with van der Waals surface area (Å²) in [5.74, 6) is -0.0291. The zero-order valence-corrected chi connectivity index (χ0v) is 12.2. The molecule has 9 heteroatoms. The molecule has 0 bridgehead atoms. The van der Waals surface area contributed by atoms with Crippen molar-refractivity contribution < 1.29 is 18.0 Å². The fraction of sp³-hybridized carbons (Fsp3) is 0.0769. The molecular formula is C13H8Cl2F3N3O. The fourth-order valence-electron chi connectivity index (χ4n) is 1.54. The lowest BCUT2D eigenvalue weighted by Gasteiger charge is -2.09. The molecule has 0 saturated carbocycles. The Hall–Kier alpha value is -1.99. The zero-order chi connectivity index (χ0) is 16.3. The normalized spacial score (nSPS) is 11.1. The van der Waals surface area contributed by atoms with Crippen molar-refractivity contribution in [2.24, 2.45) is 0 Å². The molecule has 0 fully saturated rings. The molecule has 0 radical (unpaired) electrons. The Bertz CT molecular complexity index is 670. The highest BCUT2D eigenvalue weighted by molar-refractivity contribution is 6.35. The van der Waals surface area contributed by atoms with Gasteiger partial charge in [-0.05, 0) is 30.3 Å². The van der Waals surface area contributed by atoms with Crippen LogP contribution in [0.25, 0.3) is 0 Å². The van der Waals surface area contributed by atoms with E-state index < -0.39 is 17.8 Å². The summed E-state index contributed by atoms with van der Waals surface area (Å²) in [7, 11) is 0. The van der Waals surface area contributed by atoms with Crippen molar-refractivity contribution in [1.82, 2.24) is 4.98 Å². The number of hydrogen-bond donors (Lipinski definition) is 2. The fourth-order valence-corrected chi connectivity index (χ4v) is 2.07. The number of halogens is 5. The number of benzene rings is 1. The predicted octanol–water partition coefficient (Wildman–Crippen LogP) is 5.05. The summed E-state index contributed by atoms with van der Waals surface area (Å²) in [5, 5.41) is 5.39. The molecule has 0 unspecified atom stereocenters. The summed E-state index contributed by atoms with van der Waals surface area (Å²) in [4.78, 5) is 15.2. The number of nitrogens with zero attached hydrogens (tertiary/aromatic N) is 1. The van der Waals surface area contributed by atoms with Gasteiger partial charge >= 0.3 is 12.2 Å². The van der Waals surface area contributed by atoms with Gasteiger partial charge < -0.3 is 5.32 Å². The van der Waals surface area contributed by atoms with Crippen molar-refractivity contribution in [3.63, 3.8) is 0 Å². The lowest BCUT2D eigenvalue weighted by Crippen LogP contribution is -2.20. The van der Waals surface area contributed by atoms with E-state index in [0.29, 0.717) is 21.9 Å².